The summed E-state index contributed by atoms with van der Waals surface area (Å²) in [5.41, 5.74) is 2.85. The van der Waals surface area contributed by atoms with E-state index in [1.165, 1.54) is 0 Å². The van der Waals surface area contributed by atoms with Gasteiger partial charge in [0.05, 0.1) is 27.6 Å². The summed E-state index contributed by atoms with van der Waals surface area (Å²) in [4.78, 5) is 21.0. The maximum Gasteiger partial charge on any atom is 0.474 e. The molecule has 1 amide bonds. The van der Waals surface area contributed by atoms with E-state index in [1.54, 1.807) is 0 Å². The zero-order valence-corrected chi connectivity index (χ0v) is 19.6. The highest BCUT2D eigenvalue weighted by Gasteiger charge is 2.48. The molecule has 1 aliphatic carbocycles. The lowest BCUT2D eigenvalue weighted by molar-refractivity contribution is -0.169. The van der Waals surface area contributed by atoms with Crippen molar-refractivity contribution in [2.24, 2.45) is 19.8 Å². The molecule has 2 aliphatic heterocycles. The maximum absolute atomic E-state index is 12.8. The van der Waals surface area contributed by atoms with E-state index in [0.717, 1.165) is 28.4 Å². The number of amides is 1. The molecule has 3 aliphatic rings. The molecule has 2 bridgehead atoms. The van der Waals surface area contributed by atoms with Crippen LogP contribution < -0.4 is 5.32 Å². The third kappa shape index (κ3) is 4.90. The van der Waals surface area contributed by atoms with Crippen molar-refractivity contribution in [2.45, 2.75) is 58.3 Å². The number of amidine groups is 2. The summed E-state index contributed by atoms with van der Waals surface area (Å²) in [6.45, 7) is 5.93. The van der Waals surface area contributed by atoms with Crippen LogP contribution in [0, 0.1) is 12.3 Å². The van der Waals surface area contributed by atoms with Crippen LogP contribution in [-0.4, -0.2) is 45.5 Å². The van der Waals surface area contributed by atoms with Gasteiger partial charge in [-0.1, -0.05) is 35.9 Å². The first-order chi connectivity index (χ1) is 15.4. The average molecular weight is 481 g/mol. The molecule has 0 radical (unpaired) electrons. The van der Waals surface area contributed by atoms with Gasteiger partial charge in [-0.25, -0.2) is 4.21 Å². The van der Waals surface area contributed by atoms with E-state index in [0.29, 0.717) is 19.3 Å². The number of carbonyl (C=O) groups is 1. The van der Waals surface area contributed by atoms with Crippen LogP contribution in [0.5, 0.6) is 0 Å². The number of carbonyl (C=O) groups excluding carboxylic acids is 1. The fraction of sp³-hybridized carbons (Fsp3) is 0.522. The number of nitrogens with one attached hydrogen (secondary N) is 1. The smallest absolute Gasteiger partial charge is 0.329 e. The van der Waals surface area contributed by atoms with Gasteiger partial charge in [-0.3, -0.25) is 14.8 Å². The molecule has 1 fully saturated rings. The van der Waals surface area contributed by atoms with Crippen molar-refractivity contribution in [2.75, 3.05) is 11.5 Å². The second-order valence-electron chi connectivity index (χ2n) is 9.10. The Kier molecular flexibility index (Phi) is 6.01. The van der Waals surface area contributed by atoms with Crippen LogP contribution in [0.2, 0.25) is 0 Å². The average Bonchev–Trinajstić information content (AvgIpc) is 2.98. The van der Waals surface area contributed by atoms with Crippen molar-refractivity contribution in [3.05, 3.63) is 47.0 Å². The molecular weight excluding hydrogens is 453 g/mol. The van der Waals surface area contributed by atoms with Gasteiger partial charge >= 0.3 is 12.1 Å². The number of hydrogen-bond donors (Lipinski definition) is 1. The molecular formula is C23H27F3N4O2S. The summed E-state index contributed by atoms with van der Waals surface area (Å²) in [7, 11) is -3.23. The van der Waals surface area contributed by atoms with Crippen LogP contribution in [0.3, 0.4) is 0 Å². The highest BCUT2D eigenvalue weighted by molar-refractivity contribution is 7.93. The Morgan fingerprint density at radius 1 is 1.27 bits per heavy atom. The summed E-state index contributed by atoms with van der Waals surface area (Å²) in [6, 6.07) is 7.99. The van der Waals surface area contributed by atoms with Gasteiger partial charge in [0, 0.05) is 16.9 Å². The largest absolute Gasteiger partial charge is 0.474 e. The third-order valence-corrected chi connectivity index (χ3v) is 8.79. The zero-order chi connectivity index (χ0) is 24.0. The number of benzene rings is 1. The Morgan fingerprint density at radius 2 is 1.97 bits per heavy atom. The molecule has 1 spiro atoms. The first-order valence-electron chi connectivity index (χ1n) is 10.9. The maximum atomic E-state index is 12.8. The minimum atomic E-state index is -5.10. The molecule has 10 heteroatoms. The molecule has 0 saturated carbocycles. The molecule has 0 aromatic heterocycles. The summed E-state index contributed by atoms with van der Waals surface area (Å²) >= 11 is 0. The monoisotopic (exact) mass is 480 g/mol. The molecule has 0 unspecified atom stereocenters. The van der Waals surface area contributed by atoms with Gasteiger partial charge in [0.2, 0.25) is 0 Å². The van der Waals surface area contributed by atoms with E-state index in [1.807, 2.05) is 39.0 Å². The number of aryl methyl sites for hydroxylation is 1. The topological polar surface area (TPSA) is 83.2 Å². The molecule has 4 rings (SSSR count). The molecule has 2 atom stereocenters. The second-order valence-corrected chi connectivity index (χ2v) is 11.6. The first-order valence-corrected chi connectivity index (χ1v) is 12.8. The van der Waals surface area contributed by atoms with Crippen LogP contribution in [0.15, 0.2) is 50.3 Å². The minimum absolute atomic E-state index is 0.0523. The van der Waals surface area contributed by atoms with E-state index in [4.69, 9.17) is 9.98 Å². The van der Waals surface area contributed by atoms with Crippen molar-refractivity contribution < 1.29 is 22.2 Å². The van der Waals surface area contributed by atoms with Crippen LogP contribution in [0.25, 0.3) is 0 Å². The van der Waals surface area contributed by atoms with Crippen LogP contribution in [-0.2, 0) is 14.5 Å². The van der Waals surface area contributed by atoms with Crippen molar-refractivity contribution in [3.63, 3.8) is 0 Å². The molecule has 178 valence electrons. The summed E-state index contributed by atoms with van der Waals surface area (Å²) in [5.74, 6) is -0.901. The van der Waals surface area contributed by atoms with Crippen LogP contribution in [0.1, 0.15) is 50.3 Å². The Hall–Kier alpha value is -2.49. The number of aliphatic imine (C=N–C) groups is 2. The highest BCUT2D eigenvalue weighted by atomic mass is 32.2. The quantitative estimate of drug-likeness (QED) is 0.676. The van der Waals surface area contributed by atoms with Gasteiger partial charge in [-0.2, -0.15) is 17.5 Å². The lowest BCUT2D eigenvalue weighted by Gasteiger charge is -2.37. The summed E-state index contributed by atoms with van der Waals surface area (Å²) < 4.78 is 53.7. The summed E-state index contributed by atoms with van der Waals surface area (Å²) in [6.07, 6.45) is -1.61. The number of alkyl halides is 3. The van der Waals surface area contributed by atoms with Gasteiger partial charge in [0.25, 0.3) is 0 Å². The molecule has 33 heavy (non-hydrogen) atoms. The number of nitrogens with zero attached hydrogens (tertiary/aromatic N) is 3. The van der Waals surface area contributed by atoms with Crippen molar-refractivity contribution in [1.29, 1.82) is 0 Å². The van der Waals surface area contributed by atoms with Gasteiger partial charge in [-0.15, -0.1) is 0 Å². The van der Waals surface area contributed by atoms with Gasteiger partial charge in [-0.05, 0) is 51.2 Å². The number of hydrogen-bond acceptors (Lipinski definition) is 4. The van der Waals surface area contributed by atoms with Crippen molar-refractivity contribution in [1.82, 2.24) is 5.32 Å². The Balaban J connectivity index is 1.61. The van der Waals surface area contributed by atoms with Gasteiger partial charge in [0.15, 0.2) is 0 Å². The molecule has 1 saturated heterocycles. The second kappa shape index (κ2) is 8.38. The Morgan fingerprint density at radius 3 is 2.61 bits per heavy atom. The Labute approximate surface area is 191 Å². The molecule has 2 heterocycles. The fourth-order valence-corrected chi connectivity index (χ4v) is 6.97. The minimum Gasteiger partial charge on any atom is -0.329 e. The van der Waals surface area contributed by atoms with Crippen molar-refractivity contribution >= 4 is 27.3 Å². The van der Waals surface area contributed by atoms with Crippen LogP contribution >= 0.6 is 0 Å². The molecule has 1 N–H and O–H groups in total. The molecule has 1 aromatic carbocycles. The summed E-state index contributed by atoms with van der Waals surface area (Å²) in [5, 5.41) is 3.29. The SMILES string of the molecule is CC1=N[C@H]2CC(=CC23CCS(=O)(=NC(=O)C(F)(F)F)CC3)C(=N[C@H](C)c2cccc(C)c2)N1. The number of fused-ring (bicyclic) bond motifs is 3. The van der Waals surface area contributed by atoms with Gasteiger partial charge < -0.3 is 5.32 Å². The Bertz CT molecular complexity index is 1180. The molecule has 1 aromatic rings. The number of rotatable bonds is 2. The molecule has 6 nitrogen and oxygen atoms in total. The van der Waals surface area contributed by atoms with E-state index in [9.17, 15) is 22.2 Å². The number of halogens is 3. The standard InChI is InChI=1S/C23H27F3N4O2S/c1-14-5-4-6-17(11-14)15(2)27-20-18-12-19(28-16(3)29-20)22(13-18)7-9-33(32,10-8-22)30-21(31)23(24,25)26/h4-6,11,13,15,19H,7-10,12H2,1-3H3,(H,27,28,29)/t15-,19+,22?,33?/m1/s1. The third-order valence-electron chi connectivity index (χ3n) is 6.60. The zero-order valence-electron chi connectivity index (χ0n) is 18.8. The van der Waals surface area contributed by atoms with Crippen LogP contribution in [0.4, 0.5) is 13.2 Å². The normalized spacial score (nSPS) is 31.5. The van der Waals surface area contributed by atoms with E-state index >= 15 is 0 Å². The van der Waals surface area contributed by atoms with E-state index in [2.05, 4.69) is 21.8 Å². The lowest BCUT2D eigenvalue weighted by atomic mass is 9.78. The predicted molar refractivity (Wildman–Crippen MR) is 123 cm³/mol. The highest BCUT2D eigenvalue weighted by Crippen LogP contribution is 2.48. The fourth-order valence-electron chi connectivity index (χ4n) is 4.78. The first kappa shape index (κ1) is 23.7. The lowest BCUT2D eigenvalue weighted by Crippen LogP contribution is -2.40. The van der Waals surface area contributed by atoms with E-state index in [-0.39, 0.29) is 23.6 Å². The van der Waals surface area contributed by atoms with E-state index < -0.39 is 27.2 Å². The predicted octanol–water partition coefficient (Wildman–Crippen LogP) is 4.51. The van der Waals surface area contributed by atoms with Crippen molar-refractivity contribution in [3.8, 4) is 0 Å². The van der Waals surface area contributed by atoms with Gasteiger partial charge in [0.1, 0.15) is 5.84 Å².